The number of nitrogens with two attached hydrogens (primary N) is 1. The van der Waals surface area contributed by atoms with E-state index < -0.39 is 5.82 Å². The van der Waals surface area contributed by atoms with E-state index in [0.717, 1.165) is 57.8 Å². The Morgan fingerprint density at radius 1 is 1.18 bits per heavy atom. The number of nitrogens with one attached hydrogen (secondary N) is 1. The highest BCUT2D eigenvalue weighted by Crippen LogP contribution is 2.34. The number of fused-ring (bicyclic) bond motifs is 1. The number of piperazine rings is 1. The highest BCUT2D eigenvalue weighted by Gasteiger charge is 2.25. The molecule has 0 spiro atoms. The van der Waals surface area contributed by atoms with Crippen molar-refractivity contribution in [2.24, 2.45) is 0 Å². The number of likely N-dealkylation sites (N-methyl/N-ethyl adjacent to an activating group) is 1. The second-order valence-electron chi connectivity index (χ2n) is 10.5. The van der Waals surface area contributed by atoms with Crippen molar-refractivity contribution in [3.05, 3.63) is 29.2 Å². The number of hydrogen-bond acceptors (Lipinski definition) is 9. The highest BCUT2D eigenvalue weighted by atomic mass is 35.5. The molecule has 2 fully saturated rings. The first-order chi connectivity index (χ1) is 19.1. The zero-order chi connectivity index (χ0) is 29.0. The Morgan fingerprint density at radius 2 is 1.85 bits per heavy atom. The standard InChI is InChI=1S/C19H23ClFN7.C8H15NO3/c1-11(2)28-15-9-12(16-13(20)10-23-18(22)24-16)8-14(21)17(15)25-19(28)27-6-4-26(3)5-7-27;1-9-8(11)12-7-4-2-6(10)3-5-7/h8-11H,4-7H2,1-3H3,(H2,22,23,24);6-7,10H,2-5H2,1H3,(H,9,11). The SMILES string of the molecule is CC(C)n1c(N2CCN(C)CC2)nc2c(F)cc(-c3nc(N)ncc3Cl)cc21.CNC(=O)OC1CCC(O)CC1. The molecule has 3 heterocycles. The summed E-state index contributed by atoms with van der Waals surface area (Å²) in [5.41, 5.74) is 7.73. The third-order valence-electron chi connectivity index (χ3n) is 7.19. The number of nitrogens with zero attached hydrogens (tertiary/aromatic N) is 6. The summed E-state index contributed by atoms with van der Waals surface area (Å²) in [6.45, 7) is 7.75. The molecule has 2 aromatic heterocycles. The van der Waals surface area contributed by atoms with E-state index in [1.54, 1.807) is 7.05 Å². The fraction of sp³-hybridized carbons (Fsp3) is 0.556. The Labute approximate surface area is 238 Å². The number of rotatable bonds is 4. The molecular formula is C27H38ClFN8O3. The van der Waals surface area contributed by atoms with Gasteiger partial charge < -0.3 is 35.3 Å². The van der Waals surface area contributed by atoms with Crippen LogP contribution in [0.15, 0.2) is 18.3 Å². The van der Waals surface area contributed by atoms with Gasteiger partial charge in [-0.05, 0) is 58.7 Å². The predicted octanol–water partition coefficient (Wildman–Crippen LogP) is 3.85. The van der Waals surface area contributed by atoms with Crippen LogP contribution in [0.4, 0.5) is 21.1 Å². The zero-order valence-electron chi connectivity index (χ0n) is 23.4. The van der Waals surface area contributed by atoms with Crippen molar-refractivity contribution in [1.29, 1.82) is 0 Å². The van der Waals surface area contributed by atoms with Crippen LogP contribution in [-0.4, -0.2) is 88.1 Å². The average molecular weight is 577 g/mol. The Morgan fingerprint density at radius 3 is 2.48 bits per heavy atom. The summed E-state index contributed by atoms with van der Waals surface area (Å²) in [7, 11) is 3.64. The molecule has 1 aliphatic heterocycles. The molecule has 5 rings (SSSR count). The number of benzene rings is 1. The van der Waals surface area contributed by atoms with E-state index in [9.17, 15) is 4.79 Å². The number of amides is 1. The number of aliphatic hydroxyl groups is 1. The lowest BCUT2D eigenvalue weighted by Crippen LogP contribution is -2.45. The second-order valence-corrected chi connectivity index (χ2v) is 10.9. The topological polar surface area (TPSA) is 135 Å². The molecule has 3 aromatic rings. The lowest BCUT2D eigenvalue weighted by Gasteiger charge is -2.34. The summed E-state index contributed by atoms with van der Waals surface area (Å²) in [4.78, 5) is 28.0. The third kappa shape index (κ3) is 6.91. The van der Waals surface area contributed by atoms with Gasteiger partial charge in [0, 0.05) is 44.8 Å². The summed E-state index contributed by atoms with van der Waals surface area (Å²) in [6.07, 6.45) is 3.86. The first-order valence-electron chi connectivity index (χ1n) is 13.6. The molecule has 0 bridgehead atoms. The van der Waals surface area contributed by atoms with E-state index in [4.69, 9.17) is 27.2 Å². The van der Waals surface area contributed by atoms with Gasteiger partial charge in [-0.2, -0.15) is 0 Å². The van der Waals surface area contributed by atoms with Gasteiger partial charge in [0.1, 0.15) is 11.6 Å². The maximum absolute atomic E-state index is 15.0. The van der Waals surface area contributed by atoms with Gasteiger partial charge in [0.25, 0.3) is 0 Å². The molecule has 11 nitrogen and oxygen atoms in total. The van der Waals surface area contributed by atoms with E-state index in [2.05, 4.69) is 55.5 Å². The molecule has 1 saturated carbocycles. The number of aliphatic hydroxyl groups excluding tert-OH is 1. The van der Waals surface area contributed by atoms with Crippen LogP contribution < -0.4 is 16.0 Å². The first-order valence-corrected chi connectivity index (χ1v) is 13.9. The number of nitrogen functional groups attached to an aromatic ring is 1. The normalized spacial score (nSPS) is 19.9. The number of alkyl carbamates (subject to hydrolysis) is 1. The van der Waals surface area contributed by atoms with Crippen LogP contribution in [0.1, 0.15) is 45.6 Å². The zero-order valence-corrected chi connectivity index (χ0v) is 24.2. The van der Waals surface area contributed by atoms with E-state index in [0.29, 0.717) is 27.3 Å². The number of halogens is 2. The van der Waals surface area contributed by atoms with Gasteiger partial charge in [-0.1, -0.05) is 11.6 Å². The molecule has 218 valence electrons. The summed E-state index contributed by atoms with van der Waals surface area (Å²) in [5, 5.41) is 11.9. The van der Waals surface area contributed by atoms with Gasteiger partial charge in [-0.3, -0.25) is 0 Å². The number of anilines is 2. The number of carbonyl (C=O) groups excluding carboxylic acids is 1. The molecule has 40 heavy (non-hydrogen) atoms. The van der Waals surface area contributed by atoms with Gasteiger partial charge in [0.05, 0.1) is 28.5 Å². The molecule has 13 heteroatoms. The number of aromatic nitrogens is 4. The fourth-order valence-corrected chi connectivity index (χ4v) is 5.17. The van der Waals surface area contributed by atoms with Crippen LogP contribution in [0.5, 0.6) is 0 Å². The Kier molecular flexibility index (Phi) is 9.64. The van der Waals surface area contributed by atoms with Crippen LogP contribution in [0, 0.1) is 5.82 Å². The van der Waals surface area contributed by atoms with Crippen LogP contribution >= 0.6 is 11.6 Å². The van der Waals surface area contributed by atoms with Crippen LogP contribution in [0.2, 0.25) is 5.02 Å². The summed E-state index contributed by atoms with van der Waals surface area (Å²) >= 11 is 6.24. The van der Waals surface area contributed by atoms with Crippen molar-refractivity contribution in [1.82, 2.24) is 29.7 Å². The van der Waals surface area contributed by atoms with Crippen molar-refractivity contribution >= 4 is 40.6 Å². The quantitative estimate of drug-likeness (QED) is 0.423. The van der Waals surface area contributed by atoms with Crippen molar-refractivity contribution in [3.8, 4) is 11.3 Å². The van der Waals surface area contributed by atoms with Gasteiger partial charge in [0.15, 0.2) is 5.82 Å². The minimum absolute atomic E-state index is 0.00616. The van der Waals surface area contributed by atoms with Gasteiger partial charge in [-0.25, -0.2) is 24.1 Å². The molecule has 0 radical (unpaired) electrons. The maximum atomic E-state index is 15.0. The molecule has 1 aliphatic carbocycles. The fourth-order valence-electron chi connectivity index (χ4n) is 4.97. The third-order valence-corrected chi connectivity index (χ3v) is 7.47. The Hall–Kier alpha value is -3.22. The van der Waals surface area contributed by atoms with Crippen molar-refractivity contribution in [3.63, 3.8) is 0 Å². The lowest BCUT2D eigenvalue weighted by molar-refractivity contribution is 0.0350. The number of hydrogen-bond donors (Lipinski definition) is 3. The van der Waals surface area contributed by atoms with E-state index >= 15 is 4.39 Å². The Bertz CT molecular complexity index is 1320. The first kappa shape index (κ1) is 29.8. The van der Waals surface area contributed by atoms with Crippen LogP contribution in [0.25, 0.3) is 22.3 Å². The van der Waals surface area contributed by atoms with Gasteiger partial charge in [-0.15, -0.1) is 0 Å². The van der Waals surface area contributed by atoms with Crippen molar-refractivity contribution in [2.45, 2.75) is 57.8 Å². The molecule has 1 aromatic carbocycles. The smallest absolute Gasteiger partial charge is 0.407 e. The van der Waals surface area contributed by atoms with Crippen LogP contribution in [0.3, 0.4) is 0 Å². The number of carbonyl (C=O) groups is 1. The van der Waals surface area contributed by atoms with Gasteiger partial charge in [0.2, 0.25) is 11.9 Å². The average Bonchev–Trinajstić information content (AvgIpc) is 3.32. The monoisotopic (exact) mass is 576 g/mol. The Balaban J connectivity index is 0.000000259. The van der Waals surface area contributed by atoms with Crippen molar-refractivity contribution in [2.75, 3.05) is 50.9 Å². The molecule has 0 unspecified atom stereocenters. The predicted molar refractivity (Wildman–Crippen MR) is 154 cm³/mol. The molecule has 2 aliphatic rings. The second kappa shape index (κ2) is 13.0. The molecular weight excluding hydrogens is 539 g/mol. The van der Waals surface area contributed by atoms with E-state index in [-0.39, 0.29) is 30.3 Å². The lowest BCUT2D eigenvalue weighted by atomic mass is 9.95. The van der Waals surface area contributed by atoms with Crippen molar-refractivity contribution < 1.29 is 19.0 Å². The number of ether oxygens (including phenoxy) is 1. The summed E-state index contributed by atoms with van der Waals surface area (Å²) < 4.78 is 22.1. The van der Waals surface area contributed by atoms with Crippen LogP contribution in [-0.2, 0) is 4.74 Å². The molecule has 1 saturated heterocycles. The maximum Gasteiger partial charge on any atom is 0.407 e. The largest absolute Gasteiger partial charge is 0.446 e. The minimum Gasteiger partial charge on any atom is -0.446 e. The van der Waals surface area contributed by atoms with E-state index in [1.165, 1.54) is 12.3 Å². The highest BCUT2D eigenvalue weighted by molar-refractivity contribution is 6.33. The minimum atomic E-state index is -0.407. The van der Waals surface area contributed by atoms with Gasteiger partial charge >= 0.3 is 6.09 Å². The summed E-state index contributed by atoms with van der Waals surface area (Å²) in [6, 6.07) is 3.39. The molecule has 1 amide bonds. The number of imidazole rings is 1. The van der Waals surface area contributed by atoms with E-state index in [1.807, 2.05) is 6.07 Å². The molecule has 0 atom stereocenters. The molecule has 4 N–H and O–H groups in total. The summed E-state index contributed by atoms with van der Waals surface area (Å²) in [5.74, 6) is 0.480.